The first-order valence-corrected chi connectivity index (χ1v) is 9.00. The Morgan fingerprint density at radius 1 is 1.08 bits per heavy atom. The average Bonchev–Trinajstić information content (AvgIpc) is 3.02. The smallest absolute Gasteiger partial charge is 0.161 e. The van der Waals surface area contributed by atoms with E-state index in [2.05, 4.69) is 36.4 Å². The van der Waals surface area contributed by atoms with Gasteiger partial charge in [0.15, 0.2) is 11.5 Å². The van der Waals surface area contributed by atoms with Gasteiger partial charge in [-0.15, -0.1) is 11.3 Å². The van der Waals surface area contributed by atoms with Crippen LogP contribution in [0.3, 0.4) is 0 Å². The first-order chi connectivity index (χ1) is 11.8. The molecule has 0 amide bonds. The summed E-state index contributed by atoms with van der Waals surface area (Å²) in [6.45, 7) is 3.11. The highest BCUT2D eigenvalue weighted by molar-refractivity contribution is 7.18. The Morgan fingerprint density at radius 2 is 1.83 bits per heavy atom. The second kappa shape index (κ2) is 6.42. The molecular formula is C19H21N2O2S+. The Bertz CT molecular complexity index is 842. The highest BCUT2D eigenvalue weighted by Gasteiger charge is 2.23. The Kier molecular flexibility index (Phi) is 4.12. The molecule has 0 saturated carbocycles. The van der Waals surface area contributed by atoms with Gasteiger partial charge in [-0.2, -0.15) is 0 Å². The lowest BCUT2D eigenvalue weighted by molar-refractivity contribution is -0.929. The summed E-state index contributed by atoms with van der Waals surface area (Å²) in [5.74, 6) is 1.64. The molecule has 5 heteroatoms. The number of rotatable bonds is 4. The molecule has 124 valence electrons. The van der Waals surface area contributed by atoms with Crippen LogP contribution < -0.4 is 14.4 Å². The molecule has 1 aliphatic heterocycles. The molecule has 0 spiro atoms. The van der Waals surface area contributed by atoms with Gasteiger partial charge in [-0.1, -0.05) is 12.1 Å². The monoisotopic (exact) mass is 341 g/mol. The van der Waals surface area contributed by atoms with Gasteiger partial charge in [0.2, 0.25) is 0 Å². The fraction of sp³-hybridized carbons (Fsp3) is 0.316. The van der Waals surface area contributed by atoms with Crippen molar-refractivity contribution in [1.82, 2.24) is 4.98 Å². The van der Waals surface area contributed by atoms with Gasteiger partial charge in [0.05, 0.1) is 31.0 Å². The number of nitrogens with zero attached hydrogens (tertiary/aromatic N) is 1. The summed E-state index contributed by atoms with van der Waals surface area (Å²) in [7, 11) is 3.39. The highest BCUT2D eigenvalue weighted by Crippen LogP contribution is 2.31. The molecule has 0 bridgehead atoms. The number of hydrogen-bond acceptors (Lipinski definition) is 4. The standard InChI is InChI=1S/C19H20N2O2S/c1-22-16-9-13-7-8-21(11-14(13)10-17(16)23-2)12-19-20-15-5-3-4-6-18(15)24-19/h3-6,9-10H,7-8,11-12H2,1-2H3/p+1. The van der Waals surface area contributed by atoms with E-state index in [-0.39, 0.29) is 0 Å². The van der Waals surface area contributed by atoms with E-state index in [4.69, 9.17) is 14.5 Å². The van der Waals surface area contributed by atoms with Gasteiger partial charge in [-0.3, -0.25) is 0 Å². The van der Waals surface area contributed by atoms with Crippen molar-refractivity contribution < 1.29 is 14.4 Å². The van der Waals surface area contributed by atoms with E-state index in [9.17, 15) is 0 Å². The minimum Gasteiger partial charge on any atom is -0.493 e. The van der Waals surface area contributed by atoms with Crippen molar-refractivity contribution >= 4 is 21.6 Å². The van der Waals surface area contributed by atoms with Crippen molar-refractivity contribution in [3.63, 3.8) is 0 Å². The quantitative estimate of drug-likeness (QED) is 0.792. The van der Waals surface area contributed by atoms with Crippen LogP contribution in [0.2, 0.25) is 0 Å². The molecule has 2 aromatic carbocycles. The maximum absolute atomic E-state index is 5.45. The SMILES string of the molecule is COc1cc2c(cc1OC)C[NH+](Cc1nc3ccccc3s1)CC2. The van der Waals surface area contributed by atoms with Crippen LogP contribution >= 0.6 is 11.3 Å². The number of methoxy groups -OCH3 is 2. The summed E-state index contributed by atoms with van der Waals surface area (Å²) in [5.41, 5.74) is 3.84. The normalized spacial score (nSPS) is 16.8. The molecule has 1 aliphatic rings. The number of fused-ring (bicyclic) bond motifs is 2. The number of hydrogen-bond donors (Lipinski definition) is 1. The lowest BCUT2D eigenvalue weighted by atomic mass is 9.99. The number of aromatic nitrogens is 1. The molecule has 0 fully saturated rings. The molecule has 4 rings (SSSR count). The highest BCUT2D eigenvalue weighted by atomic mass is 32.1. The van der Waals surface area contributed by atoms with E-state index >= 15 is 0 Å². The molecular weight excluding hydrogens is 320 g/mol. The maximum atomic E-state index is 5.45. The van der Waals surface area contributed by atoms with Crippen molar-refractivity contribution in [1.29, 1.82) is 0 Å². The van der Waals surface area contributed by atoms with Gasteiger partial charge in [-0.05, 0) is 29.8 Å². The van der Waals surface area contributed by atoms with Gasteiger partial charge in [0.1, 0.15) is 18.1 Å². The Balaban J connectivity index is 1.55. The second-order valence-corrected chi connectivity index (χ2v) is 7.27. The third-order valence-electron chi connectivity index (χ3n) is 4.63. The molecule has 4 nitrogen and oxygen atoms in total. The Labute approximate surface area is 145 Å². The summed E-state index contributed by atoms with van der Waals surface area (Å²) in [4.78, 5) is 6.33. The zero-order chi connectivity index (χ0) is 16.5. The van der Waals surface area contributed by atoms with Crippen molar-refractivity contribution in [2.45, 2.75) is 19.5 Å². The van der Waals surface area contributed by atoms with Gasteiger partial charge in [-0.25, -0.2) is 4.98 Å². The average molecular weight is 341 g/mol. The number of para-hydroxylation sites is 1. The molecule has 24 heavy (non-hydrogen) atoms. The van der Waals surface area contributed by atoms with Crippen LogP contribution in [-0.2, 0) is 19.5 Å². The number of quaternary nitrogens is 1. The van der Waals surface area contributed by atoms with Gasteiger partial charge in [0.25, 0.3) is 0 Å². The minimum absolute atomic E-state index is 0.817. The van der Waals surface area contributed by atoms with Crippen LogP contribution in [0.1, 0.15) is 16.1 Å². The largest absolute Gasteiger partial charge is 0.493 e. The Morgan fingerprint density at radius 3 is 2.58 bits per heavy atom. The molecule has 0 radical (unpaired) electrons. The van der Waals surface area contributed by atoms with E-state index in [1.807, 2.05) is 11.3 Å². The molecule has 2 heterocycles. The number of benzene rings is 2. The van der Waals surface area contributed by atoms with Crippen LogP contribution in [0.4, 0.5) is 0 Å². The molecule has 0 saturated heterocycles. The fourth-order valence-corrected chi connectivity index (χ4v) is 4.43. The van der Waals surface area contributed by atoms with Crippen molar-refractivity contribution in [2.75, 3.05) is 20.8 Å². The summed E-state index contributed by atoms with van der Waals surface area (Å²) >= 11 is 1.81. The minimum atomic E-state index is 0.817. The first-order valence-electron chi connectivity index (χ1n) is 8.18. The van der Waals surface area contributed by atoms with Crippen molar-refractivity contribution in [2.24, 2.45) is 0 Å². The van der Waals surface area contributed by atoms with Gasteiger partial charge in [0, 0.05) is 12.0 Å². The lowest BCUT2D eigenvalue weighted by Gasteiger charge is -2.26. The van der Waals surface area contributed by atoms with E-state index < -0.39 is 0 Å². The molecule has 1 atom stereocenters. The zero-order valence-electron chi connectivity index (χ0n) is 14.0. The third-order valence-corrected chi connectivity index (χ3v) is 5.67. The summed E-state index contributed by atoms with van der Waals surface area (Å²) in [6.07, 6.45) is 1.07. The fourth-order valence-electron chi connectivity index (χ4n) is 3.39. The second-order valence-electron chi connectivity index (χ2n) is 6.15. The lowest BCUT2D eigenvalue weighted by Crippen LogP contribution is -3.10. The topological polar surface area (TPSA) is 35.8 Å². The van der Waals surface area contributed by atoms with Gasteiger partial charge >= 0.3 is 0 Å². The molecule has 3 aromatic rings. The molecule has 1 unspecified atom stereocenters. The number of ether oxygens (including phenoxy) is 2. The van der Waals surface area contributed by atoms with E-state index in [1.54, 1.807) is 19.1 Å². The van der Waals surface area contributed by atoms with Crippen LogP contribution in [-0.4, -0.2) is 25.7 Å². The molecule has 1 aromatic heterocycles. The van der Waals surface area contributed by atoms with Crippen LogP contribution in [0.25, 0.3) is 10.2 Å². The van der Waals surface area contributed by atoms with E-state index in [0.717, 1.165) is 43.1 Å². The Hall–Kier alpha value is -2.11. The molecule has 0 aliphatic carbocycles. The van der Waals surface area contributed by atoms with Crippen molar-refractivity contribution in [3.05, 3.63) is 52.5 Å². The third kappa shape index (κ3) is 2.85. The summed E-state index contributed by atoms with van der Waals surface area (Å²) in [6, 6.07) is 12.6. The van der Waals surface area contributed by atoms with Crippen molar-refractivity contribution in [3.8, 4) is 11.5 Å². The number of nitrogens with one attached hydrogen (secondary N) is 1. The number of thiazole rings is 1. The van der Waals surface area contributed by atoms with E-state index in [1.165, 1.54) is 20.8 Å². The maximum Gasteiger partial charge on any atom is 0.161 e. The summed E-state index contributed by atoms with van der Waals surface area (Å²) in [5, 5.41) is 1.22. The predicted octanol–water partition coefficient (Wildman–Crippen LogP) is 2.45. The van der Waals surface area contributed by atoms with Crippen LogP contribution in [0.15, 0.2) is 36.4 Å². The first kappa shape index (κ1) is 15.4. The molecule has 1 N–H and O–H groups in total. The van der Waals surface area contributed by atoms with Crippen LogP contribution in [0.5, 0.6) is 11.5 Å². The van der Waals surface area contributed by atoms with Crippen LogP contribution in [0, 0.1) is 0 Å². The van der Waals surface area contributed by atoms with Gasteiger partial charge < -0.3 is 14.4 Å². The van der Waals surface area contributed by atoms with E-state index in [0.29, 0.717) is 0 Å². The predicted molar refractivity (Wildman–Crippen MR) is 96.1 cm³/mol. The summed E-state index contributed by atoms with van der Waals surface area (Å²) < 4.78 is 12.1. The zero-order valence-corrected chi connectivity index (χ0v) is 14.8.